The van der Waals surface area contributed by atoms with Crippen LogP contribution in [-0.4, -0.2) is 46.4 Å². The second kappa shape index (κ2) is 5.84. The van der Waals surface area contributed by atoms with Crippen molar-refractivity contribution < 1.29 is 9.90 Å². The minimum atomic E-state index is -0.851. The summed E-state index contributed by atoms with van der Waals surface area (Å²) in [4.78, 5) is 10.7. The molecule has 0 unspecified atom stereocenters. The van der Waals surface area contributed by atoms with E-state index in [4.69, 9.17) is 5.11 Å². The number of aryl methyl sites for hydroxylation is 2. The number of carboxylic acids is 1. The lowest BCUT2D eigenvalue weighted by atomic mass is 10.3. The molecule has 1 saturated carbocycles. The maximum Gasteiger partial charge on any atom is 0.313 e. The highest BCUT2D eigenvalue weighted by atomic mass is 32.2. The van der Waals surface area contributed by atoms with E-state index < -0.39 is 5.97 Å². The second-order valence-electron chi connectivity index (χ2n) is 5.06. The van der Waals surface area contributed by atoms with Crippen LogP contribution in [0.2, 0.25) is 0 Å². The zero-order valence-electron chi connectivity index (χ0n) is 11.6. The highest BCUT2D eigenvalue weighted by Gasteiger charge is 2.30. The average Bonchev–Trinajstić information content (AvgIpc) is 3.09. The third-order valence-corrected chi connectivity index (χ3v) is 4.33. The summed E-state index contributed by atoms with van der Waals surface area (Å²) in [5.41, 5.74) is 0. The van der Waals surface area contributed by atoms with Crippen LogP contribution in [0, 0.1) is 0 Å². The van der Waals surface area contributed by atoms with Gasteiger partial charge >= 0.3 is 5.97 Å². The Morgan fingerprint density at radius 3 is 2.86 bits per heavy atom. The molecule has 8 nitrogen and oxygen atoms in total. The molecule has 1 N–H and O–H groups in total. The zero-order chi connectivity index (χ0) is 14.8. The van der Waals surface area contributed by atoms with Gasteiger partial charge in [0, 0.05) is 25.9 Å². The van der Waals surface area contributed by atoms with Gasteiger partial charge in [-0.2, -0.15) is 0 Å². The first kappa shape index (κ1) is 14.1. The van der Waals surface area contributed by atoms with E-state index in [2.05, 4.69) is 20.4 Å². The van der Waals surface area contributed by atoms with Gasteiger partial charge in [-0.25, -0.2) is 0 Å². The van der Waals surface area contributed by atoms with Gasteiger partial charge in [-0.05, 0) is 12.8 Å². The quantitative estimate of drug-likeness (QED) is 0.752. The molecule has 2 aromatic rings. The van der Waals surface area contributed by atoms with Crippen LogP contribution in [0.15, 0.2) is 11.5 Å². The van der Waals surface area contributed by atoms with Crippen molar-refractivity contribution >= 4 is 17.7 Å². The minimum Gasteiger partial charge on any atom is -0.481 e. The van der Waals surface area contributed by atoms with E-state index in [1.54, 1.807) is 6.33 Å². The molecule has 1 aliphatic carbocycles. The first-order valence-electron chi connectivity index (χ1n) is 6.75. The molecule has 0 atom stereocenters. The van der Waals surface area contributed by atoms with Crippen molar-refractivity contribution in [2.75, 3.05) is 5.75 Å². The smallest absolute Gasteiger partial charge is 0.313 e. The average molecular weight is 308 g/mol. The lowest BCUT2D eigenvalue weighted by Gasteiger charge is -2.08. The molecule has 0 aromatic carbocycles. The molecule has 2 aromatic heterocycles. The number of aromatic nitrogens is 6. The molecule has 1 fully saturated rings. The summed E-state index contributed by atoms with van der Waals surface area (Å²) in [5.74, 6) is 1.46. The van der Waals surface area contributed by atoms with Gasteiger partial charge in [0.2, 0.25) is 0 Å². The maximum atomic E-state index is 10.7. The standard InChI is InChI=1S/C12H16N6O2S/c1-17-7-13-14-9(17)4-5-18-11(8-2-3-8)15-16-12(18)21-6-10(19)20/h7-8H,2-6H2,1H3,(H,19,20). The van der Waals surface area contributed by atoms with Gasteiger partial charge in [0.1, 0.15) is 18.0 Å². The van der Waals surface area contributed by atoms with Crippen LogP contribution in [0.3, 0.4) is 0 Å². The highest BCUT2D eigenvalue weighted by Crippen LogP contribution is 2.40. The summed E-state index contributed by atoms with van der Waals surface area (Å²) in [7, 11) is 1.91. The largest absolute Gasteiger partial charge is 0.481 e. The van der Waals surface area contributed by atoms with Crippen molar-refractivity contribution in [3.8, 4) is 0 Å². The molecule has 112 valence electrons. The number of hydrogen-bond acceptors (Lipinski definition) is 6. The van der Waals surface area contributed by atoms with E-state index in [1.165, 1.54) is 11.8 Å². The number of carbonyl (C=O) groups is 1. The van der Waals surface area contributed by atoms with Gasteiger partial charge in [-0.3, -0.25) is 4.79 Å². The Balaban J connectivity index is 1.75. The van der Waals surface area contributed by atoms with Crippen LogP contribution in [0.25, 0.3) is 0 Å². The summed E-state index contributed by atoms with van der Waals surface area (Å²) < 4.78 is 3.91. The van der Waals surface area contributed by atoms with Crippen molar-refractivity contribution in [3.63, 3.8) is 0 Å². The van der Waals surface area contributed by atoms with Gasteiger partial charge in [0.05, 0.1) is 5.75 Å². The fourth-order valence-corrected chi connectivity index (χ4v) is 2.82. The molecule has 3 rings (SSSR count). The number of rotatable bonds is 7. The normalized spacial score (nSPS) is 14.5. The van der Waals surface area contributed by atoms with Crippen molar-refractivity contribution in [2.45, 2.75) is 36.9 Å². The van der Waals surface area contributed by atoms with Crippen molar-refractivity contribution in [1.82, 2.24) is 29.5 Å². The van der Waals surface area contributed by atoms with E-state index in [0.29, 0.717) is 17.6 Å². The summed E-state index contributed by atoms with van der Waals surface area (Å²) >= 11 is 1.21. The molecule has 0 bridgehead atoms. The molecule has 9 heteroatoms. The van der Waals surface area contributed by atoms with Gasteiger partial charge in [0.25, 0.3) is 0 Å². The predicted octanol–water partition coefficient (Wildman–Crippen LogP) is 0.703. The Morgan fingerprint density at radius 2 is 2.24 bits per heavy atom. The molecule has 0 saturated heterocycles. The number of hydrogen-bond donors (Lipinski definition) is 1. The van der Waals surface area contributed by atoms with Crippen LogP contribution in [-0.2, 0) is 24.8 Å². The SMILES string of the molecule is Cn1cnnc1CCn1c(SCC(=O)O)nnc1C1CC1. The first-order chi connectivity index (χ1) is 10.1. The van der Waals surface area contributed by atoms with Crippen LogP contribution in [0.1, 0.15) is 30.4 Å². The number of aliphatic carboxylic acids is 1. The van der Waals surface area contributed by atoms with Gasteiger partial charge in [0.15, 0.2) is 5.16 Å². The molecular weight excluding hydrogens is 292 g/mol. The predicted molar refractivity (Wildman–Crippen MR) is 75.1 cm³/mol. The Kier molecular flexibility index (Phi) is 3.91. The van der Waals surface area contributed by atoms with Gasteiger partial charge in [-0.15, -0.1) is 20.4 Å². The van der Waals surface area contributed by atoms with E-state index in [9.17, 15) is 4.79 Å². The summed E-state index contributed by atoms with van der Waals surface area (Å²) in [5, 5.41) is 25.8. The minimum absolute atomic E-state index is 0.00718. The van der Waals surface area contributed by atoms with Crippen LogP contribution in [0.5, 0.6) is 0 Å². The summed E-state index contributed by atoms with van der Waals surface area (Å²) in [6.07, 6.45) is 4.65. The van der Waals surface area contributed by atoms with Crippen molar-refractivity contribution in [2.24, 2.45) is 7.05 Å². The molecule has 0 aliphatic heterocycles. The van der Waals surface area contributed by atoms with E-state index in [0.717, 1.165) is 30.9 Å². The maximum absolute atomic E-state index is 10.7. The van der Waals surface area contributed by atoms with Crippen LogP contribution in [0.4, 0.5) is 0 Å². The van der Waals surface area contributed by atoms with Crippen molar-refractivity contribution in [1.29, 1.82) is 0 Å². The number of nitrogens with zero attached hydrogens (tertiary/aromatic N) is 6. The third-order valence-electron chi connectivity index (χ3n) is 3.38. The number of carboxylic acid groups (broad SMARTS) is 1. The summed E-state index contributed by atoms with van der Waals surface area (Å²) in [6, 6.07) is 0. The Hall–Kier alpha value is -1.90. The highest BCUT2D eigenvalue weighted by molar-refractivity contribution is 7.99. The Labute approximate surface area is 125 Å². The molecule has 0 radical (unpaired) electrons. The zero-order valence-corrected chi connectivity index (χ0v) is 12.5. The molecular formula is C12H16N6O2S. The molecule has 21 heavy (non-hydrogen) atoms. The van der Waals surface area contributed by atoms with Crippen LogP contribution >= 0.6 is 11.8 Å². The van der Waals surface area contributed by atoms with Crippen LogP contribution < -0.4 is 0 Å². The topological polar surface area (TPSA) is 98.7 Å². The molecule has 1 aliphatic rings. The molecule has 0 spiro atoms. The van der Waals surface area contributed by atoms with Crippen molar-refractivity contribution in [3.05, 3.63) is 18.0 Å². The monoisotopic (exact) mass is 308 g/mol. The lowest BCUT2D eigenvalue weighted by molar-refractivity contribution is -0.133. The number of thioether (sulfide) groups is 1. The van der Waals surface area contributed by atoms with E-state index in [-0.39, 0.29) is 5.75 Å². The van der Waals surface area contributed by atoms with Gasteiger partial charge < -0.3 is 14.2 Å². The molecule has 0 amide bonds. The van der Waals surface area contributed by atoms with Gasteiger partial charge in [-0.1, -0.05) is 11.8 Å². The Morgan fingerprint density at radius 1 is 1.43 bits per heavy atom. The lowest BCUT2D eigenvalue weighted by Crippen LogP contribution is -2.10. The third kappa shape index (κ3) is 3.23. The van der Waals surface area contributed by atoms with E-state index in [1.807, 2.05) is 16.2 Å². The fraction of sp³-hybridized carbons (Fsp3) is 0.583. The summed E-state index contributed by atoms with van der Waals surface area (Å²) in [6.45, 7) is 0.688. The Bertz CT molecular complexity index is 648. The van der Waals surface area contributed by atoms with E-state index >= 15 is 0 Å². The second-order valence-corrected chi connectivity index (χ2v) is 6.00. The first-order valence-corrected chi connectivity index (χ1v) is 7.74. The molecule has 2 heterocycles. The fourth-order valence-electron chi connectivity index (χ4n) is 2.13.